The summed E-state index contributed by atoms with van der Waals surface area (Å²) in [4.78, 5) is 15.5. The molecule has 0 aromatic heterocycles. The normalized spacial score (nSPS) is 12.7. The van der Waals surface area contributed by atoms with Gasteiger partial charge in [0.2, 0.25) is 0 Å². The van der Waals surface area contributed by atoms with Crippen molar-refractivity contribution in [1.82, 2.24) is 0 Å². The first-order valence-corrected chi connectivity index (χ1v) is 7.40. The number of carbonyl (C=O) groups excluding carboxylic acids is 1. The number of hydrogen-bond donors (Lipinski definition) is 2. The van der Waals surface area contributed by atoms with E-state index in [1.54, 1.807) is 24.3 Å². The summed E-state index contributed by atoms with van der Waals surface area (Å²) in [5, 5.41) is 0.0224. The Labute approximate surface area is 142 Å². The van der Waals surface area contributed by atoms with Crippen LogP contribution in [0.25, 0.3) is 5.57 Å². The summed E-state index contributed by atoms with van der Waals surface area (Å²) in [5.74, 6) is -0.755. The van der Waals surface area contributed by atoms with Crippen molar-refractivity contribution < 1.29 is 13.9 Å². The molecule has 0 unspecified atom stereocenters. The molecule has 1 aliphatic heterocycles. The first kappa shape index (κ1) is 16.0. The van der Waals surface area contributed by atoms with E-state index in [1.807, 2.05) is 6.08 Å². The number of amides is 1. The Hall–Kier alpha value is -2.86. The van der Waals surface area contributed by atoms with Gasteiger partial charge in [0.15, 0.2) is 5.96 Å². The fourth-order valence-electron chi connectivity index (χ4n) is 2.44. The molecule has 1 amide bonds. The molecule has 0 aliphatic carbocycles. The lowest BCUT2D eigenvalue weighted by molar-refractivity contribution is 0.100. The number of nitrogens with zero attached hydrogens (tertiary/aromatic N) is 1. The maximum absolute atomic E-state index is 13.4. The summed E-state index contributed by atoms with van der Waals surface area (Å²) in [6.07, 6.45) is 1.83. The summed E-state index contributed by atoms with van der Waals surface area (Å²) in [6.45, 7) is 0.360. The second-order valence-corrected chi connectivity index (χ2v) is 5.52. The van der Waals surface area contributed by atoms with E-state index < -0.39 is 11.7 Å². The molecule has 24 heavy (non-hydrogen) atoms. The second-order valence-electron chi connectivity index (χ2n) is 5.11. The Kier molecular flexibility index (Phi) is 4.22. The minimum Gasteiger partial charge on any atom is -0.489 e. The van der Waals surface area contributed by atoms with E-state index >= 15 is 0 Å². The van der Waals surface area contributed by atoms with E-state index in [1.165, 1.54) is 12.1 Å². The van der Waals surface area contributed by atoms with E-state index in [0.717, 1.165) is 11.1 Å². The number of guanidine groups is 1. The predicted octanol–water partition coefficient (Wildman–Crippen LogP) is 2.72. The van der Waals surface area contributed by atoms with Crippen molar-refractivity contribution in [3.05, 3.63) is 70.0 Å². The van der Waals surface area contributed by atoms with Gasteiger partial charge in [-0.25, -0.2) is 4.39 Å². The van der Waals surface area contributed by atoms with Gasteiger partial charge in [0, 0.05) is 11.1 Å². The SMILES string of the molecule is NC(N)=NC(=O)c1ccc2c(c1)C(c1ccc(F)c(Cl)c1)=CCO2. The summed E-state index contributed by atoms with van der Waals surface area (Å²) in [5.41, 5.74) is 13.0. The van der Waals surface area contributed by atoms with Crippen LogP contribution in [-0.2, 0) is 0 Å². The molecule has 0 bridgehead atoms. The first-order valence-electron chi connectivity index (χ1n) is 7.02. The van der Waals surface area contributed by atoms with Crippen molar-refractivity contribution in [2.75, 3.05) is 6.61 Å². The van der Waals surface area contributed by atoms with Gasteiger partial charge in [-0.15, -0.1) is 0 Å². The van der Waals surface area contributed by atoms with Gasteiger partial charge in [-0.05, 0) is 47.5 Å². The molecule has 1 heterocycles. The van der Waals surface area contributed by atoms with Gasteiger partial charge in [-0.2, -0.15) is 4.99 Å². The van der Waals surface area contributed by atoms with E-state index in [2.05, 4.69) is 4.99 Å². The van der Waals surface area contributed by atoms with Crippen LogP contribution in [0.4, 0.5) is 4.39 Å². The molecule has 1 aliphatic rings. The molecule has 3 rings (SSSR count). The van der Waals surface area contributed by atoms with Gasteiger partial charge < -0.3 is 16.2 Å². The van der Waals surface area contributed by atoms with Crippen molar-refractivity contribution in [3.8, 4) is 5.75 Å². The summed E-state index contributed by atoms with van der Waals surface area (Å²) < 4.78 is 19.0. The van der Waals surface area contributed by atoms with Crippen LogP contribution in [0.1, 0.15) is 21.5 Å². The van der Waals surface area contributed by atoms with Gasteiger partial charge in [-0.1, -0.05) is 17.7 Å². The second kappa shape index (κ2) is 6.33. The van der Waals surface area contributed by atoms with E-state index in [-0.39, 0.29) is 11.0 Å². The zero-order valence-electron chi connectivity index (χ0n) is 12.4. The molecule has 5 nitrogen and oxygen atoms in total. The Morgan fingerprint density at radius 2 is 2.00 bits per heavy atom. The highest BCUT2D eigenvalue weighted by atomic mass is 35.5. The largest absolute Gasteiger partial charge is 0.489 e. The van der Waals surface area contributed by atoms with E-state index in [9.17, 15) is 9.18 Å². The number of aliphatic imine (C=N–C) groups is 1. The van der Waals surface area contributed by atoms with Gasteiger partial charge in [0.25, 0.3) is 5.91 Å². The van der Waals surface area contributed by atoms with Crippen LogP contribution in [-0.4, -0.2) is 18.5 Å². The molecular weight excluding hydrogens is 333 g/mol. The number of nitrogens with two attached hydrogens (primary N) is 2. The lowest BCUT2D eigenvalue weighted by Crippen LogP contribution is -2.24. The smallest absolute Gasteiger partial charge is 0.280 e. The van der Waals surface area contributed by atoms with E-state index in [4.69, 9.17) is 27.8 Å². The van der Waals surface area contributed by atoms with Crippen molar-refractivity contribution in [2.45, 2.75) is 0 Å². The van der Waals surface area contributed by atoms with Crippen LogP contribution in [0.2, 0.25) is 5.02 Å². The van der Waals surface area contributed by atoms with Gasteiger partial charge >= 0.3 is 0 Å². The highest BCUT2D eigenvalue weighted by Gasteiger charge is 2.18. The summed E-state index contributed by atoms with van der Waals surface area (Å²) in [7, 11) is 0. The number of halogens is 2. The van der Waals surface area contributed by atoms with Crippen molar-refractivity contribution in [2.24, 2.45) is 16.5 Å². The topological polar surface area (TPSA) is 90.7 Å². The zero-order valence-corrected chi connectivity index (χ0v) is 13.2. The number of benzene rings is 2. The predicted molar refractivity (Wildman–Crippen MR) is 90.6 cm³/mol. The van der Waals surface area contributed by atoms with Crippen LogP contribution in [0.3, 0.4) is 0 Å². The third-order valence-electron chi connectivity index (χ3n) is 3.50. The average Bonchev–Trinajstić information content (AvgIpc) is 2.55. The Morgan fingerprint density at radius 3 is 2.71 bits per heavy atom. The molecular formula is C17H13ClFN3O2. The Balaban J connectivity index is 2.07. The molecule has 0 radical (unpaired) electrons. The molecule has 4 N–H and O–H groups in total. The molecule has 0 spiro atoms. The highest BCUT2D eigenvalue weighted by molar-refractivity contribution is 6.31. The standard InChI is InChI=1S/C17H13ClFN3O2/c18-13-8-9(1-3-14(13)19)11-5-6-24-15-4-2-10(7-12(11)15)16(23)22-17(20)21/h1-5,7-8H,6H2,(H4,20,21,22,23). The number of fused-ring (bicyclic) bond motifs is 1. The highest BCUT2D eigenvalue weighted by Crippen LogP contribution is 2.36. The fraction of sp³-hybridized carbons (Fsp3) is 0.0588. The zero-order chi connectivity index (χ0) is 17.3. The Morgan fingerprint density at radius 1 is 1.21 bits per heavy atom. The number of rotatable bonds is 2. The average molecular weight is 346 g/mol. The third kappa shape index (κ3) is 3.09. The van der Waals surface area contributed by atoms with E-state index in [0.29, 0.717) is 23.5 Å². The minimum absolute atomic E-state index is 0.0224. The monoisotopic (exact) mass is 345 g/mol. The maximum atomic E-state index is 13.4. The van der Waals surface area contributed by atoms with Gasteiger partial charge in [-0.3, -0.25) is 4.79 Å². The molecule has 2 aromatic carbocycles. The molecule has 0 fully saturated rings. The minimum atomic E-state index is -0.556. The molecule has 0 saturated heterocycles. The maximum Gasteiger partial charge on any atom is 0.280 e. The number of hydrogen-bond acceptors (Lipinski definition) is 2. The molecule has 0 saturated carbocycles. The van der Waals surface area contributed by atoms with Crippen molar-refractivity contribution >= 4 is 29.0 Å². The van der Waals surface area contributed by atoms with Crippen molar-refractivity contribution in [1.29, 1.82) is 0 Å². The third-order valence-corrected chi connectivity index (χ3v) is 3.79. The van der Waals surface area contributed by atoms with Crippen LogP contribution in [0, 0.1) is 5.82 Å². The lowest BCUT2D eigenvalue weighted by atomic mass is 9.94. The molecule has 0 atom stereocenters. The van der Waals surface area contributed by atoms with Crippen molar-refractivity contribution in [3.63, 3.8) is 0 Å². The number of carbonyl (C=O) groups is 1. The fourth-order valence-corrected chi connectivity index (χ4v) is 2.62. The van der Waals surface area contributed by atoms with Crippen LogP contribution >= 0.6 is 11.6 Å². The van der Waals surface area contributed by atoms with Gasteiger partial charge in [0.05, 0.1) is 5.02 Å². The van der Waals surface area contributed by atoms with Crippen LogP contribution in [0.5, 0.6) is 5.75 Å². The lowest BCUT2D eigenvalue weighted by Gasteiger charge is -2.19. The summed E-state index contributed by atoms with van der Waals surface area (Å²) >= 11 is 5.87. The van der Waals surface area contributed by atoms with Gasteiger partial charge in [0.1, 0.15) is 18.2 Å². The summed E-state index contributed by atoms with van der Waals surface area (Å²) in [6, 6.07) is 9.32. The first-order chi connectivity index (χ1) is 11.5. The molecule has 2 aromatic rings. The number of ether oxygens (including phenoxy) is 1. The van der Waals surface area contributed by atoms with Crippen LogP contribution < -0.4 is 16.2 Å². The molecule has 7 heteroatoms. The van der Waals surface area contributed by atoms with Crippen LogP contribution in [0.15, 0.2) is 47.5 Å². The quantitative estimate of drug-likeness (QED) is 0.646. The Bertz CT molecular complexity index is 889. The molecule has 122 valence electrons.